The first-order chi connectivity index (χ1) is 12.4. The van der Waals surface area contributed by atoms with E-state index in [2.05, 4.69) is 0 Å². The Labute approximate surface area is 152 Å². The van der Waals surface area contributed by atoms with Crippen LogP contribution in [0.3, 0.4) is 0 Å². The molecule has 0 spiro atoms. The maximum absolute atomic E-state index is 15.2. The molecule has 0 radical (unpaired) electrons. The third kappa shape index (κ3) is 2.92. The quantitative estimate of drug-likeness (QED) is 0.629. The molecule has 0 bridgehead atoms. The molecule has 0 unspecified atom stereocenters. The van der Waals surface area contributed by atoms with E-state index in [0.29, 0.717) is 11.4 Å². The summed E-state index contributed by atoms with van der Waals surface area (Å²) < 4.78 is 36.2. The monoisotopic (exact) mass is 377 g/mol. The average molecular weight is 377 g/mol. The van der Waals surface area contributed by atoms with Gasteiger partial charge in [0.25, 0.3) is 0 Å². The minimum absolute atomic E-state index is 0.0204. The number of nitrogens with zero attached hydrogens (tertiary/aromatic N) is 1. The fourth-order valence-electron chi connectivity index (χ4n) is 2.88. The van der Waals surface area contributed by atoms with E-state index < -0.39 is 23.0 Å². The number of hydrogen-bond acceptors (Lipinski definition) is 4. The van der Waals surface area contributed by atoms with Crippen LogP contribution in [0.5, 0.6) is 0 Å². The van der Waals surface area contributed by atoms with Crippen molar-refractivity contribution in [2.75, 3.05) is 6.61 Å². The van der Waals surface area contributed by atoms with E-state index in [9.17, 15) is 14.0 Å². The zero-order valence-electron chi connectivity index (χ0n) is 14.6. The summed E-state index contributed by atoms with van der Waals surface area (Å²) in [6.45, 7) is 5.60. The molecule has 136 valence electrons. The number of pyridine rings is 1. The van der Waals surface area contributed by atoms with Crippen molar-refractivity contribution in [2.24, 2.45) is 0 Å². The molecular formula is C19H17F2NO3S. The number of carbonyl (C=O) groups is 1. The Morgan fingerprint density at radius 1 is 1.27 bits per heavy atom. The van der Waals surface area contributed by atoms with Gasteiger partial charge in [0, 0.05) is 17.6 Å². The third-order valence-electron chi connectivity index (χ3n) is 4.07. The highest BCUT2D eigenvalue weighted by molar-refractivity contribution is 7.13. The summed E-state index contributed by atoms with van der Waals surface area (Å²) in [6.07, 6.45) is 1.27. The summed E-state index contributed by atoms with van der Waals surface area (Å²) in [4.78, 5) is 25.1. The molecule has 2 heterocycles. The molecule has 0 atom stereocenters. The molecule has 3 aromatic rings. The van der Waals surface area contributed by atoms with Gasteiger partial charge in [-0.3, -0.25) is 4.79 Å². The first-order valence-corrected chi connectivity index (χ1v) is 9.04. The lowest BCUT2D eigenvalue weighted by Crippen LogP contribution is -2.21. The summed E-state index contributed by atoms with van der Waals surface area (Å²) in [7, 11) is 0. The molecule has 0 N–H and O–H groups in total. The van der Waals surface area contributed by atoms with Crippen LogP contribution in [-0.4, -0.2) is 17.1 Å². The van der Waals surface area contributed by atoms with Gasteiger partial charge in [0.1, 0.15) is 11.4 Å². The number of esters is 1. The van der Waals surface area contributed by atoms with Crippen LogP contribution in [0.4, 0.5) is 8.78 Å². The first-order valence-electron chi connectivity index (χ1n) is 8.16. The van der Waals surface area contributed by atoms with Gasteiger partial charge in [-0.1, -0.05) is 0 Å². The summed E-state index contributed by atoms with van der Waals surface area (Å²) >= 11 is 1.23. The van der Waals surface area contributed by atoms with Crippen molar-refractivity contribution in [3.63, 3.8) is 0 Å². The number of hydrogen-bond donors (Lipinski definition) is 0. The topological polar surface area (TPSA) is 48.3 Å². The molecule has 3 rings (SSSR count). The lowest BCUT2D eigenvalue weighted by Gasteiger charge is -2.14. The van der Waals surface area contributed by atoms with Crippen LogP contribution in [0.15, 0.2) is 28.5 Å². The minimum Gasteiger partial charge on any atom is -0.462 e. The Morgan fingerprint density at radius 2 is 2.00 bits per heavy atom. The van der Waals surface area contributed by atoms with Gasteiger partial charge < -0.3 is 9.30 Å². The van der Waals surface area contributed by atoms with E-state index >= 15 is 4.39 Å². The number of ether oxygens (including phenoxy) is 1. The largest absolute Gasteiger partial charge is 0.462 e. The van der Waals surface area contributed by atoms with Gasteiger partial charge in [0.2, 0.25) is 5.43 Å². The van der Waals surface area contributed by atoms with Crippen molar-refractivity contribution in [1.29, 1.82) is 0 Å². The first kappa shape index (κ1) is 18.3. The van der Waals surface area contributed by atoms with Gasteiger partial charge in [-0.25, -0.2) is 13.6 Å². The number of aryl methyl sites for hydroxylation is 2. The number of fused-ring (bicyclic) bond motifs is 1. The number of rotatable bonds is 4. The van der Waals surface area contributed by atoms with Gasteiger partial charge in [-0.15, -0.1) is 11.3 Å². The van der Waals surface area contributed by atoms with Gasteiger partial charge in [0.15, 0.2) is 5.82 Å². The number of halogens is 2. The zero-order valence-corrected chi connectivity index (χ0v) is 15.4. The summed E-state index contributed by atoms with van der Waals surface area (Å²) in [5.74, 6) is -2.45. The summed E-state index contributed by atoms with van der Waals surface area (Å²) in [5, 5.41) is 1.62. The molecule has 7 heteroatoms. The second-order valence-electron chi connectivity index (χ2n) is 5.81. The molecule has 0 saturated heterocycles. The van der Waals surface area contributed by atoms with Crippen molar-refractivity contribution in [3.8, 4) is 10.4 Å². The van der Waals surface area contributed by atoms with Crippen LogP contribution in [0.2, 0.25) is 0 Å². The Bertz CT molecular complexity index is 1070. The van der Waals surface area contributed by atoms with Crippen LogP contribution in [0.1, 0.15) is 29.8 Å². The second-order valence-corrected chi connectivity index (χ2v) is 6.72. The smallest absolute Gasteiger partial charge is 0.343 e. The van der Waals surface area contributed by atoms with Gasteiger partial charge in [-0.05, 0) is 43.8 Å². The Balaban J connectivity index is 2.38. The SMILES string of the molecule is CCOC(=O)c1cn(CC)c2c(F)c(-c3cc(C)cs3)c(F)cc2c1=O. The fourth-order valence-corrected chi connectivity index (χ4v) is 3.82. The lowest BCUT2D eigenvalue weighted by atomic mass is 10.0. The number of aromatic nitrogens is 1. The summed E-state index contributed by atoms with van der Waals surface area (Å²) in [6, 6.07) is 2.69. The molecule has 0 aliphatic rings. The van der Waals surface area contributed by atoms with Crippen LogP contribution >= 0.6 is 11.3 Å². The highest BCUT2D eigenvalue weighted by Crippen LogP contribution is 2.35. The van der Waals surface area contributed by atoms with E-state index in [-0.39, 0.29) is 28.6 Å². The van der Waals surface area contributed by atoms with E-state index in [0.717, 1.165) is 11.6 Å². The number of thiophene rings is 1. The molecule has 1 aromatic carbocycles. The van der Waals surface area contributed by atoms with Crippen molar-refractivity contribution in [2.45, 2.75) is 27.3 Å². The Morgan fingerprint density at radius 3 is 2.58 bits per heavy atom. The predicted molar refractivity (Wildman–Crippen MR) is 97.8 cm³/mol. The molecule has 26 heavy (non-hydrogen) atoms. The average Bonchev–Trinajstić information content (AvgIpc) is 3.02. The van der Waals surface area contributed by atoms with E-state index in [1.54, 1.807) is 25.3 Å². The van der Waals surface area contributed by atoms with Crippen molar-refractivity contribution < 1.29 is 18.3 Å². The van der Waals surface area contributed by atoms with Crippen molar-refractivity contribution >= 4 is 28.2 Å². The second kappa shape index (κ2) is 6.99. The fraction of sp³-hybridized carbons (Fsp3) is 0.263. The van der Waals surface area contributed by atoms with Gasteiger partial charge in [0.05, 0.1) is 23.1 Å². The third-order valence-corrected chi connectivity index (χ3v) is 5.13. The normalized spacial score (nSPS) is 11.1. The highest BCUT2D eigenvalue weighted by Gasteiger charge is 2.23. The van der Waals surface area contributed by atoms with Crippen LogP contribution < -0.4 is 5.43 Å². The van der Waals surface area contributed by atoms with Crippen molar-refractivity contribution in [1.82, 2.24) is 4.57 Å². The molecule has 0 fully saturated rings. The molecule has 4 nitrogen and oxygen atoms in total. The van der Waals surface area contributed by atoms with Crippen LogP contribution in [0.25, 0.3) is 21.3 Å². The lowest BCUT2D eigenvalue weighted by molar-refractivity contribution is 0.0524. The minimum atomic E-state index is -0.836. The number of benzene rings is 1. The molecule has 0 saturated carbocycles. The van der Waals surface area contributed by atoms with E-state index in [1.165, 1.54) is 22.1 Å². The predicted octanol–water partition coefficient (Wildman–Crippen LogP) is 4.51. The van der Waals surface area contributed by atoms with Crippen LogP contribution in [0, 0.1) is 18.6 Å². The molecule has 0 aliphatic heterocycles. The standard InChI is InChI=1S/C19H17F2NO3S/c1-4-22-8-12(19(24)25-5-2)18(23)11-7-13(20)15(16(21)17(11)22)14-6-10(3)9-26-14/h6-9H,4-5H2,1-3H3. The Kier molecular flexibility index (Phi) is 4.91. The Hall–Kier alpha value is -2.54. The van der Waals surface area contributed by atoms with E-state index in [4.69, 9.17) is 4.74 Å². The number of carbonyl (C=O) groups excluding carboxylic acids is 1. The highest BCUT2D eigenvalue weighted by atomic mass is 32.1. The maximum atomic E-state index is 15.2. The molecule has 0 amide bonds. The molecule has 0 aliphatic carbocycles. The van der Waals surface area contributed by atoms with Crippen molar-refractivity contribution in [3.05, 3.63) is 56.7 Å². The maximum Gasteiger partial charge on any atom is 0.343 e. The van der Waals surface area contributed by atoms with Gasteiger partial charge >= 0.3 is 5.97 Å². The summed E-state index contributed by atoms with van der Waals surface area (Å²) in [5.41, 5.74) is -0.266. The zero-order chi connectivity index (χ0) is 19.0. The van der Waals surface area contributed by atoms with Crippen LogP contribution in [-0.2, 0) is 11.3 Å². The van der Waals surface area contributed by atoms with Gasteiger partial charge in [-0.2, -0.15) is 0 Å². The molecule has 2 aromatic heterocycles. The van der Waals surface area contributed by atoms with E-state index in [1.807, 2.05) is 6.92 Å². The molecular weight excluding hydrogens is 360 g/mol.